The fourth-order valence-electron chi connectivity index (χ4n) is 4.17. The number of hydrogen-bond donors (Lipinski definition) is 0. The van der Waals surface area contributed by atoms with E-state index in [4.69, 9.17) is 4.74 Å². The van der Waals surface area contributed by atoms with Crippen LogP contribution in [0.5, 0.6) is 0 Å². The van der Waals surface area contributed by atoms with Gasteiger partial charge in [0.2, 0.25) is 5.91 Å². The molecule has 1 aromatic rings. The number of aromatic nitrogens is 2. The van der Waals surface area contributed by atoms with Crippen molar-refractivity contribution in [3.05, 3.63) is 18.2 Å². The van der Waals surface area contributed by atoms with Gasteiger partial charge in [-0.2, -0.15) is 0 Å². The van der Waals surface area contributed by atoms with Crippen LogP contribution in [0.2, 0.25) is 0 Å². The molecule has 0 N–H and O–H groups in total. The van der Waals surface area contributed by atoms with Gasteiger partial charge in [-0.1, -0.05) is 13.8 Å². The second-order valence-corrected chi connectivity index (χ2v) is 7.76. The third kappa shape index (κ3) is 3.82. The standard InChI is InChI=1S/C19H31N3O2/c1-14(2)18-16(5-4-12-24-18)19(23)22-9-6-15(7-10-22)13-17-20-8-11-21(17)3/h8,11,14-16,18H,4-7,9-10,12-13H2,1-3H3. The highest BCUT2D eigenvalue weighted by Gasteiger charge is 2.37. The van der Waals surface area contributed by atoms with Crippen molar-refractivity contribution in [2.75, 3.05) is 19.7 Å². The lowest BCUT2D eigenvalue weighted by Crippen LogP contribution is -2.48. The summed E-state index contributed by atoms with van der Waals surface area (Å²) in [6.07, 6.45) is 9.14. The first-order valence-corrected chi connectivity index (χ1v) is 9.43. The van der Waals surface area contributed by atoms with Gasteiger partial charge < -0.3 is 14.2 Å². The lowest BCUT2D eigenvalue weighted by Gasteiger charge is -2.39. The van der Waals surface area contributed by atoms with Crippen LogP contribution in [0.1, 0.15) is 45.4 Å². The van der Waals surface area contributed by atoms with Crippen molar-refractivity contribution in [3.8, 4) is 0 Å². The van der Waals surface area contributed by atoms with Crippen LogP contribution in [-0.2, 0) is 23.0 Å². The minimum Gasteiger partial charge on any atom is -0.377 e. The first-order chi connectivity index (χ1) is 11.6. The molecule has 3 heterocycles. The van der Waals surface area contributed by atoms with Crippen molar-refractivity contribution in [3.63, 3.8) is 0 Å². The average Bonchev–Trinajstić information content (AvgIpc) is 3.00. The Kier molecular flexibility index (Phi) is 5.59. The van der Waals surface area contributed by atoms with Crippen LogP contribution in [0.4, 0.5) is 0 Å². The molecule has 2 saturated heterocycles. The Hall–Kier alpha value is -1.36. The van der Waals surface area contributed by atoms with E-state index in [2.05, 4.69) is 35.3 Å². The van der Waals surface area contributed by atoms with Gasteiger partial charge in [0.15, 0.2) is 0 Å². The molecule has 5 nitrogen and oxygen atoms in total. The number of carbonyl (C=O) groups is 1. The number of piperidine rings is 1. The van der Waals surface area contributed by atoms with Crippen molar-refractivity contribution in [2.45, 2.75) is 52.1 Å². The Morgan fingerprint density at radius 2 is 2.08 bits per heavy atom. The van der Waals surface area contributed by atoms with Crippen LogP contribution in [-0.4, -0.2) is 46.2 Å². The summed E-state index contributed by atoms with van der Waals surface area (Å²) in [6.45, 7) is 6.90. The van der Waals surface area contributed by atoms with E-state index in [1.807, 2.05) is 12.4 Å². The summed E-state index contributed by atoms with van der Waals surface area (Å²) in [5, 5.41) is 0. The maximum Gasteiger partial charge on any atom is 0.228 e. The lowest BCUT2D eigenvalue weighted by atomic mass is 9.85. The van der Waals surface area contributed by atoms with E-state index in [0.717, 1.165) is 57.6 Å². The summed E-state index contributed by atoms with van der Waals surface area (Å²) in [6, 6.07) is 0. The molecule has 2 fully saturated rings. The van der Waals surface area contributed by atoms with E-state index in [0.29, 0.717) is 17.7 Å². The average molecular weight is 333 g/mol. The Morgan fingerprint density at radius 1 is 1.33 bits per heavy atom. The number of aryl methyl sites for hydroxylation is 1. The van der Waals surface area contributed by atoms with Gasteiger partial charge in [-0.05, 0) is 37.5 Å². The topological polar surface area (TPSA) is 47.4 Å². The molecule has 0 bridgehead atoms. The monoisotopic (exact) mass is 333 g/mol. The molecule has 0 radical (unpaired) electrons. The van der Waals surface area contributed by atoms with Gasteiger partial charge in [-0.25, -0.2) is 4.98 Å². The highest BCUT2D eigenvalue weighted by Crippen LogP contribution is 2.30. The van der Waals surface area contributed by atoms with E-state index >= 15 is 0 Å². The number of nitrogens with zero attached hydrogens (tertiary/aromatic N) is 3. The Labute approximate surface area is 145 Å². The van der Waals surface area contributed by atoms with Gasteiger partial charge in [0, 0.05) is 45.6 Å². The number of rotatable bonds is 4. The molecule has 0 aromatic carbocycles. The fourth-order valence-corrected chi connectivity index (χ4v) is 4.17. The molecule has 0 saturated carbocycles. The Morgan fingerprint density at radius 3 is 2.71 bits per heavy atom. The Bertz CT molecular complexity index is 547. The maximum absolute atomic E-state index is 13.0. The van der Waals surface area contributed by atoms with E-state index in [9.17, 15) is 4.79 Å². The van der Waals surface area contributed by atoms with Crippen LogP contribution in [0, 0.1) is 17.8 Å². The van der Waals surface area contributed by atoms with Gasteiger partial charge in [-0.3, -0.25) is 4.79 Å². The fraction of sp³-hybridized carbons (Fsp3) is 0.789. The molecular formula is C19H31N3O2. The van der Waals surface area contributed by atoms with Gasteiger partial charge in [0.1, 0.15) is 5.82 Å². The van der Waals surface area contributed by atoms with Crippen LogP contribution in [0.15, 0.2) is 12.4 Å². The van der Waals surface area contributed by atoms with Crippen LogP contribution in [0.3, 0.4) is 0 Å². The van der Waals surface area contributed by atoms with Crippen molar-refractivity contribution in [1.29, 1.82) is 0 Å². The molecule has 2 unspecified atom stereocenters. The van der Waals surface area contributed by atoms with Crippen molar-refractivity contribution < 1.29 is 9.53 Å². The highest BCUT2D eigenvalue weighted by molar-refractivity contribution is 5.79. The minimum absolute atomic E-state index is 0.0600. The predicted molar refractivity (Wildman–Crippen MR) is 93.5 cm³/mol. The number of amides is 1. The SMILES string of the molecule is CC(C)C1OCCCC1C(=O)N1CCC(Cc2nccn2C)CC1. The third-order valence-electron chi connectivity index (χ3n) is 5.66. The smallest absolute Gasteiger partial charge is 0.228 e. The van der Waals surface area contributed by atoms with Crippen molar-refractivity contribution >= 4 is 5.91 Å². The number of likely N-dealkylation sites (tertiary alicyclic amines) is 1. The first kappa shape index (κ1) is 17.5. The molecule has 24 heavy (non-hydrogen) atoms. The molecule has 0 spiro atoms. The normalized spacial score (nSPS) is 26.1. The van der Waals surface area contributed by atoms with Crippen LogP contribution in [0.25, 0.3) is 0 Å². The number of hydrogen-bond acceptors (Lipinski definition) is 3. The van der Waals surface area contributed by atoms with Gasteiger partial charge >= 0.3 is 0 Å². The predicted octanol–water partition coefficient (Wildman–Crippen LogP) is 2.65. The zero-order valence-corrected chi connectivity index (χ0v) is 15.3. The molecule has 134 valence electrons. The van der Waals surface area contributed by atoms with Crippen LogP contribution < -0.4 is 0 Å². The summed E-state index contributed by atoms with van der Waals surface area (Å²) in [5.41, 5.74) is 0. The molecule has 0 aliphatic carbocycles. The van der Waals surface area contributed by atoms with E-state index < -0.39 is 0 Å². The summed E-state index contributed by atoms with van der Waals surface area (Å²) in [4.78, 5) is 19.5. The summed E-state index contributed by atoms with van der Waals surface area (Å²) >= 11 is 0. The molecule has 5 heteroatoms. The number of ether oxygens (including phenoxy) is 1. The number of imidazole rings is 1. The molecule has 2 aliphatic rings. The molecular weight excluding hydrogens is 302 g/mol. The minimum atomic E-state index is 0.0600. The molecule has 1 aromatic heterocycles. The van der Waals surface area contributed by atoms with Crippen LogP contribution >= 0.6 is 0 Å². The second kappa shape index (κ2) is 7.68. The van der Waals surface area contributed by atoms with E-state index in [-0.39, 0.29) is 12.0 Å². The van der Waals surface area contributed by atoms with E-state index in [1.54, 1.807) is 0 Å². The van der Waals surface area contributed by atoms with Gasteiger partial charge in [-0.15, -0.1) is 0 Å². The zero-order valence-electron chi connectivity index (χ0n) is 15.3. The quantitative estimate of drug-likeness (QED) is 0.851. The lowest BCUT2D eigenvalue weighted by molar-refractivity contribution is -0.149. The Balaban J connectivity index is 1.54. The second-order valence-electron chi connectivity index (χ2n) is 7.76. The summed E-state index contributed by atoms with van der Waals surface area (Å²) in [5.74, 6) is 2.58. The largest absolute Gasteiger partial charge is 0.377 e. The first-order valence-electron chi connectivity index (χ1n) is 9.43. The highest BCUT2D eigenvalue weighted by atomic mass is 16.5. The molecule has 1 amide bonds. The molecule has 2 atom stereocenters. The van der Waals surface area contributed by atoms with Crippen molar-refractivity contribution in [1.82, 2.24) is 14.5 Å². The zero-order chi connectivity index (χ0) is 17.1. The van der Waals surface area contributed by atoms with E-state index in [1.165, 1.54) is 0 Å². The third-order valence-corrected chi connectivity index (χ3v) is 5.66. The summed E-state index contributed by atoms with van der Waals surface area (Å²) in [7, 11) is 2.05. The molecule has 3 rings (SSSR count). The van der Waals surface area contributed by atoms with Gasteiger partial charge in [0.05, 0.1) is 12.0 Å². The molecule has 2 aliphatic heterocycles. The maximum atomic E-state index is 13.0. The van der Waals surface area contributed by atoms with Crippen molar-refractivity contribution in [2.24, 2.45) is 24.8 Å². The summed E-state index contributed by atoms with van der Waals surface area (Å²) < 4.78 is 8.01. The number of carbonyl (C=O) groups excluding carboxylic acids is 1. The van der Waals surface area contributed by atoms with Gasteiger partial charge in [0.25, 0.3) is 0 Å².